The molecular weight excluding hydrogens is 270 g/mol. The van der Waals surface area contributed by atoms with Crippen molar-refractivity contribution < 1.29 is 19.4 Å². The summed E-state index contributed by atoms with van der Waals surface area (Å²) < 4.78 is 5.20. The molecule has 0 spiro atoms. The summed E-state index contributed by atoms with van der Waals surface area (Å²) in [4.78, 5) is 25.2. The number of nitrogens with zero attached hydrogens (tertiary/aromatic N) is 1. The van der Waals surface area contributed by atoms with E-state index in [2.05, 4.69) is 0 Å². The molecule has 0 aromatic heterocycles. The monoisotopic (exact) mass is 289 g/mol. The number of hydrogen-bond acceptors (Lipinski definition) is 3. The largest absolute Gasteiger partial charge is 0.497 e. The van der Waals surface area contributed by atoms with E-state index in [9.17, 15) is 14.7 Å². The topological polar surface area (TPSA) is 66.8 Å². The highest BCUT2D eigenvalue weighted by Gasteiger charge is 2.48. The minimum absolute atomic E-state index is 0.00674. The van der Waals surface area contributed by atoms with Crippen molar-refractivity contribution in [3.63, 3.8) is 0 Å². The van der Waals surface area contributed by atoms with Crippen LogP contribution in [0.1, 0.15) is 30.7 Å². The number of ether oxygens (including phenoxy) is 1. The summed E-state index contributed by atoms with van der Waals surface area (Å²) >= 11 is 0. The van der Waals surface area contributed by atoms with Gasteiger partial charge in [-0.2, -0.15) is 0 Å². The highest BCUT2D eigenvalue weighted by Crippen LogP contribution is 2.49. The van der Waals surface area contributed by atoms with Gasteiger partial charge < -0.3 is 14.7 Å². The van der Waals surface area contributed by atoms with Crippen molar-refractivity contribution in [3.05, 3.63) is 29.8 Å². The third-order valence-electron chi connectivity index (χ3n) is 4.45. The molecule has 1 N–H and O–H groups in total. The van der Waals surface area contributed by atoms with Gasteiger partial charge in [-0.3, -0.25) is 4.79 Å². The third kappa shape index (κ3) is 2.60. The number of hydrogen-bond donors (Lipinski definition) is 1. The zero-order valence-electron chi connectivity index (χ0n) is 12.0. The zero-order valence-corrected chi connectivity index (χ0v) is 12.0. The van der Waals surface area contributed by atoms with E-state index in [4.69, 9.17) is 4.74 Å². The normalized spacial score (nSPS) is 27.5. The number of aliphatic carboxylic acids is 1. The van der Waals surface area contributed by atoms with Crippen molar-refractivity contribution in [3.8, 4) is 5.75 Å². The molecule has 112 valence electrons. The van der Waals surface area contributed by atoms with Crippen molar-refractivity contribution in [1.29, 1.82) is 0 Å². The van der Waals surface area contributed by atoms with Crippen LogP contribution in [0.4, 0.5) is 0 Å². The van der Waals surface area contributed by atoms with Gasteiger partial charge in [0.1, 0.15) is 11.8 Å². The second-order valence-electron chi connectivity index (χ2n) is 5.75. The van der Waals surface area contributed by atoms with Crippen molar-refractivity contribution in [1.82, 2.24) is 4.90 Å². The summed E-state index contributed by atoms with van der Waals surface area (Å²) in [5, 5.41) is 9.18. The van der Waals surface area contributed by atoms with Gasteiger partial charge in [-0.15, -0.1) is 0 Å². The minimum atomic E-state index is -0.889. The van der Waals surface area contributed by atoms with Crippen molar-refractivity contribution in [2.24, 2.45) is 5.92 Å². The lowest BCUT2D eigenvalue weighted by molar-refractivity contribution is -0.148. The standard InChI is InChI=1S/C16H19NO4/c1-21-11-5-2-4-10(8-11)12-9-13(12)15(18)17-7-3-6-14(17)16(19)20/h2,4-5,8,12-14H,3,6-7,9H2,1H3,(H,19,20)/t12-,13-,14+/m0/s1. The summed E-state index contributed by atoms with van der Waals surface area (Å²) in [6.07, 6.45) is 2.14. The molecule has 1 heterocycles. The van der Waals surface area contributed by atoms with Gasteiger partial charge >= 0.3 is 5.97 Å². The Morgan fingerprint density at radius 3 is 2.90 bits per heavy atom. The van der Waals surface area contributed by atoms with Gasteiger partial charge in [-0.05, 0) is 42.9 Å². The Labute approximate surface area is 123 Å². The van der Waals surface area contributed by atoms with Crippen LogP contribution in [0.15, 0.2) is 24.3 Å². The molecule has 1 aromatic carbocycles. The number of carbonyl (C=O) groups is 2. The van der Waals surface area contributed by atoms with Gasteiger partial charge in [0.25, 0.3) is 0 Å². The Balaban J connectivity index is 1.69. The van der Waals surface area contributed by atoms with E-state index in [1.54, 1.807) is 12.0 Å². The molecule has 21 heavy (non-hydrogen) atoms. The fraction of sp³-hybridized carbons (Fsp3) is 0.500. The smallest absolute Gasteiger partial charge is 0.326 e. The number of benzene rings is 1. The predicted molar refractivity (Wildman–Crippen MR) is 76.2 cm³/mol. The lowest BCUT2D eigenvalue weighted by Crippen LogP contribution is -2.41. The number of amides is 1. The minimum Gasteiger partial charge on any atom is -0.497 e. The van der Waals surface area contributed by atoms with Crippen LogP contribution >= 0.6 is 0 Å². The molecule has 2 aliphatic rings. The number of likely N-dealkylation sites (tertiary alicyclic amines) is 1. The summed E-state index contributed by atoms with van der Waals surface area (Å²) in [5.74, 6) is 0.0158. The number of carboxylic acids is 1. The molecule has 1 aliphatic heterocycles. The Bertz CT molecular complexity index is 571. The molecule has 5 heteroatoms. The van der Waals surface area contributed by atoms with E-state index in [-0.39, 0.29) is 17.7 Å². The molecule has 0 bridgehead atoms. The van der Waals surface area contributed by atoms with E-state index in [0.717, 1.165) is 24.2 Å². The second kappa shape index (κ2) is 5.39. The van der Waals surface area contributed by atoms with Crippen molar-refractivity contribution in [2.45, 2.75) is 31.2 Å². The van der Waals surface area contributed by atoms with Crippen LogP contribution in [0.2, 0.25) is 0 Å². The lowest BCUT2D eigenvalue weighted by Gasteiger charge is -2.21. The van der Waals surface area contributed by atoms with Gasteiger partial charge in [0.2, 0.25) is 5.91 Å². The van der Waals surface area contributed by atoms with Crippen LogP contribution in [0, 0.1) is 5.92 Å². The molecule has 2 fully saturated rings. The molecule has 1 aliphatic carbocycles. The van der Waals surface area contributed by atoms with Crippen LogP contribution in [-0.4, -0.2) is 41.6 Å². The molecule has 1 aromatic rings. The molecule has 1 saturated heterocycles. The molecule has 5 nitrogen and oxygen atoms in total. The van der Waals surface area contributed by atoms with E-state index < -0.39 is 12.0 Å². The first-order valence-corrected chi connectivity index (χ1v) is 7.29. The lowest BCUT2D eigenvalue weighted by atomic mass is 10.1. The molecule has 0 unspecified atom stereocenters. The molecule has 1 amide bonds. The first-order valence-electron chi connectivity index (χ1n) is 7.29. The van der Waals surface area contributed by atoms with Crippen LogP contribution in [0.5, 0.6) is 5.75 Å². The van der Waals surface area contributed by atoms with E-state index >= 15 is 0 Å². The Morgan fingerprint density at radius 1 is 1.38 bits per heavy atom. The van der Waals surface area contributed by atoms with E-state index in [0.29, 0.717) is 13.0 Å². The van der Waals surface area contributed by atoms with Gasteiger partial charge in [-0.1, -0.05) is 12.1 Å². The number of carbonyl (C=O) groups excluding carboxylic acids is 1. The van der Waals surface area contributed by atoms with E-state index in [1.165, 1.54) is 0 Å². The Hall–Kier alpha value is -2.04. The van der Waals surface area contributed by atoms with Gasteiger partial charge in [0.15, 0.2) is 0 Å². The highest BCUT2D eigenvalue weighted by molar-refractivity contribution is 5.88. The highest BCUT2D eigenvalue weighted by atomic mass is 16.5. The fourth-order valence-corrected chi connectivity index (χ4v) is 3.21. The zero-order chi connectivity index (χ0) is 15.0. The molecule has 3 atom stereocenters. The predicted octanol–water partition coefficient (Wildman–Crippen LogP) is 1.87. The number of rotatable bonds is 4. The summed E-state index contributed by atoms with van der Waals surface area (Å²) in [6.45, 7) is 0.567. The second-order valence-corrected chi connectivity index (χ2v) is 5.75. The molecular formula is C16H19NO4. The molecule has 0 radical (unpaired) electrons. The quantitative estimate of drug-likeness (QED) is 0.919. The number of methoxy groups -OCH3 is 1. The van der Waals surface area contributed by atoms with Crippen LogP contribution in [0.25, 0.3) is 0 Å². The molecule has 1 saturated carbocycles. The summed E-state index contributed by atoms with van der Waals surface area (Å²) in [7, 11) is 1.62. The average molecular weight is 289 g/mol. The fourth-order valence-electron chi connectivity index (χ4n) is 3.21. The van der Waals surface area contributed by atoms with Gasteiger partial charge in [-0.25, -0.2) is 4.79 Å². The maximum absolute atomic E-state index is 12.5. The average Bonchev–Trinajstić information content (AvgIpc) is 3.14. The number of carboxylic acid groups (broad SMARTS) is 1. The van der Waals surface area contributed by atoms with Crippen molar-refractivity contribution >= 4 is 11.9 Å². The first kappa shape index (κ1) is 13.9. The van der Waals surface area contributed by atoms with Crippen LogP contribution in [0.3, 0.4) is 0 Å². The first-order chi connectivity index (χ1) is 10.1. The van der Waals surface area contributed by atoms with Gasteiger partial charge in [0.05, 0.1) is 7.11 Å². The Kier molecular flexibility index (Phi) is 3.57. The third-order valence-corrected chi connectivity index (χ3v) is 4.45. The van der Waals surface area contributed by atoms with Crippen molar-refractivity contribution in [2.75, 3.05) is 13.7 Å². The maximum Gasteiger partial charge on any atom is 0.326 e. The SMILES string of the molecule is COc1cccc([C@@H]2C[C@@H]2C(=O)N2CCC[C@@H]2C(=O)O)c1. The summed E-state index contributed by atoms with van der Waals surface area (Å²) in [5.41, 5.74) is 1.10. The van der Waals surface area contributed by atoms with Gasteiger partial charge in [0, 0.05) is 12.5 Å². The van der Waals surface area contributed by atoms with Crippen LogP contribution in [-0.2, 0) is 9.59 Å². The summed E-state index contributed by atoms with van der Waals surface area (Å²) in [6, 6.07) is 7.12. The van der Waals surface area contributed by atoms with E-state index in [1.807, 2.05) is 24.3 Å². The van der Waals surface area contributed by atoms with Crippen LogP contribution < -0.4 is 4.74 Å². The molecule has 3 rings (SSSR count). The Morgan fingerprint density at radius 2 is 2.19 bits per heavy atom. The maximum atomic E-state index is 12.5.